The Hall–Kier alpha value is -2.32. The van der Waals surface area contributed by atoms with Gasteiger partial charge in [-0.25, -0.2) is 9.18 Å². The van der Waals surface area contributed by atoms with Crippen LogP contribution in [0.5, 0.6) is 0 Å². The standard InChI is InChI=1S/C16H17FN2O.C2H5NO2S/c17-14-5-1-2-6-15(14)19-10-7-16(20,8-11-19)13-4-3-9-18-12-13;1-6-3-2(4)5/h1-6,9,12,20H,7-8,10-11H2;3H,1H3,(H,4,5). The number of pyridine rings is 1. The van der Waals surface area contributed by atoms with Gasteiger partial charge in [-0.2, -0.15) is 0 Å². The number of nitrogens with zero attached hydrogens (tertiary/aromatic N) is 2. The Balaban J connectivity index is 0.000000352. The van der Waals surface area contributed by atoms with Gasteiger partial charge in [-0.05, 0) is 31.0 Å². The van der Waals surface area contributed by atoms with Gasteiger partial charge in [0.15, 0.2) is 0 Å². The second-order valence-corrected chi connectivity index (χ2v) is 6.44. The number of piperidine rings is 1. The summed E-state index contributed by atoms with van der Waals surface area (Å²) < 4.78 is 15.8. The Morgan fingerprint density at radius 1 is 1.27 bits per heavy atom. The molecule has 0 saturated carbocycles. The number of para-hydroxylation sites is 1. The van der Waals surface area contributed by atoms with Gasteiger partial charge in [0.05, 0.1) is 11.3 Å². The molecule has 6 nitrogen and oxygen atoms in total. The van der Waals surface area contributed by atoms with Crippen molar-refractivity contribution in [2.24, 2.45) is 0 Å². The summed E-state index contributed by atoms with van der Waals surface area (Å²) in [6.07, 6.45) is 5.20. The first kappa shape index (κ1) is 20.0. The van der Waals surface area contributed by atoms with Gasteiger partial charge in [0.2, 0.25) is 0 Å². The first-order valence-electron chi connectivity index (χ1n) is 8.10. The van der Waals surface area contributed by atoms with Crippen LogP contribution in [0.25, 0.3) is 0 Å². The molecule has 1 aliphatic rings. The highest BCUT2D eigenvalue weighted by molar-refractivity contribution is 7.97. The van der Waals surface area contributed by atoms with Crippen molar-refractivity contribution in [3.63, 3.8) is 0 Å². The predicted octanol–water partition coefficient (Wildman–Crippen LogP) is 3.24. The molecule has 1 aromatic carbocycles. The van der Waals surface area contributed by atoms with Crippen molar-refractivity contribution in [3.05, 3.63) is 60.2 Å². The van der Waals surface area contributed by atoms with Gasteiger partial charge in [-0.3, -0.25) is 9.71 Å². The third-order valence-electron chi connectivity index (χ3n) is 4.17. The van der Waals surface area contributed by atoms with Crippen LogP contribution in [0.3, 0.4) is 0 Å². The van der Waals surface area contributed by atoms with Gasteiger partial charge in [0.25, 0.3) is 0 Å². The summed E-state index contributed by atoms with van der Waals surface area (Å²) in [5.74, 6) is -0.209. The number of rotatable bonds is 3. The Kier molecular flexibility index (Phi) is 7.23. The van der Waals surface area contributed by atoms with Crippen LogP contribution in [0.2, 0.25) is 0 Å². The summed E-state index contributed by atoms with van der Waals surface area (Å²) in [4.78, 5) is 15.5. The van der Waals surface area contributed by atoms with E-state index in [0.29, 0.717) is 31.6 Å². The quantitative estimate of drug-likeness (QED) is 0.710. The monoisotopic (exact) mass is 379 g/mol. The molecule has 2 aromatic rings. The van der Waals surface area contributed by atoms with Crippen molar-refractivity contribution in [1.82, 2.24) is 9.71 Å². The Bertz CT molecular complexity index is 710. The van der Waals surface area contributed by atoms with Crippen LogP contribution in [0.1, 0.15) is 18.4 Å². The number of nitrogens with one attached hydrogen (secondary N) is 1. The molecule has 0 bridgehead atoms. The van der Waals surface area contributed by atoms with Gasteiger partial charge < -0.3 is 15.1 Å². The number of benzene rings is 1. The van der Waals surface area contributed by atoms with E-state index in [4.69, 9.17) is 5.11 Å². The zero-order valence-corrected chi connectivity index (χ0v) is 15.2. The minimum atomic E-state index is -0.998. The second kappa shape index (κ2) is 9.40. The summed E-state index contributed by atoms with van der Waals surface area (Å²) in [5.41, 5.74) is 0.602. The minimum absolute atomic E-state index is 0.209. The van der Waals surface area contributed by atoms with Crippen LogP contribution in [-0.4, -0.2) is 40.6 Å². The van der Waals surface area contributed by atoms with E-state index in [1.54, 1.807) is 30.8 Å². The average Bonchev–Trinajstić information content (AvgIpc) is 2.64. The second-order valence-electron chi connectivity index (χ2n) is 5.82. The third kappa shape index (κ3) is 5.34. The van der Waals surface area contributed by atoms with E-state index in [0.717, 1.165) is 17.5 Å². The third-order valence-corrected chi connectivity index (χ3v) is 4.55. The van der Waals surface area contributed by atoms with E-state index in [2.05, 4.69) is 4.98 Å². The maximum Gasteiger partial charge on any atom is 0.414 e. The SMILES string of the molecule is CSNC(=O)O.OC1(c2cccnc2)CCN(c2ccccc2F)CC1. The highest BCUT2D eigenvalue weighted by Crippen LogP contribution is 2.34. The first-order valence-corrected chi connectivity index (χ1v) is 9.33. The summed E-state index contributed by atoms with van der Waals surface area (Å²) in [6.45, 7) is 1.26. The normalized spacial score (nSPS) is 15.6. The zero-order valence-electron chi connectivity index (χ0n) is 14.4. The first-order chi connectivity index (χ1) is 12.5. The molecule has 2 heterocycles. The molecule has 0 unspecified atom stereocenters. The molecule has 140 valence electrons. The van der Waals surface area contributed by atoms with Gasteiger partial charge in [-0.1, -0.05) is 30.1 Å². The molecule has 1 amide bonds. The predicted molar refractivity (Wildman–Crippen MR) is 101 cm³/mol. The summed E-state index contributed by atoms with van der Waals surface area (Å²) in [6, 6.07) is 10.5. The molecule has 1 saturated heterocycles. The van der Waals surface area contributed by atoms with Crippen LogP contribution >= 0.6 is 11.9 Å². The van der Waals surface area contributed by atoms with E-state index in [1.807, 2.05) is 27.8 Å². The average molecular weight is 379 g/mol. The van der Waals surface area contributed by atoms with Crippen molar-refractivity contribution in [1.29, 1.82) is 0 Å². The number of carboxylic acid groups (broad SMARTS) is 1. The number of hydrogen-bond donors (Lipinski definition) is 3. The van der Waals surface area contributed by atoms with Crippen molar-refractivity contribution in [2.75, 3.05) is 24.2 Å². The van der Waals surface area contributed by atoms with Crippen molar-refractivity contribution in [3.8, 4) is 0 Å². The minimum Gasteiger partial charge on any atom is -0.464 e. The summed E-state index contributed by atoms with van der Waals surface area (Å²) >= 11 is 1.06. The summed E-state index contributed by atoms with van der Waals surface area (Å²) in [7, 11) is 0. The van der Waals surface area contributed by atoms with E-state index in [-0.39, 0.29) is 5.82 Å². The topological polar surface area (TPSA) is 85.7 Å². The molecule has 0 radical (unpaired) electrons. The van der Waals surface area contributed by atoms with Crippen LogP contribution < -0.4 is 9.62 Å². The number of anilines is 1. The summed E-state index contributed by atoms with van der Waals surface area (Å²) in [5, 5.41) is 18.5. The molecule has 26 heavy (non-hydrogen) atoms. The molecule has 3 rings (SSSR count). The highest BCUT2D eigenvalue weighted by Gasteiger charge is 2.34. The van der Waals surface area contributed by atoms with E-state index >= 15 is 0 Å². The molecular weight excluding hydrogens is 357 g/mol. The lowest BCUT2D eigenvalue weighted by molar-refractivity contribution is 0.0113. The molecule has 0 atom stereocenters. The smallest absolute Gasteiger partial charge is 0.414 e. The van der Waals surface area contributed by atoms with Crippen LogP contribution in [0.15, 0.2) is 48.8 Å². The maximum absolute atomic E-state index is 13.8. The number of carbonyl (C=O) groups is 1. The Morgan fingerprint density at radius 3 is 2.46 bits per heavy atom. The Labute approximate surface area is 156 Å². The number of hydrogen-bond acceptors (Lipinski definition) is 5. The molecule has 3 N–H and O–H groups in total. The molecule has 0 spiro atoms. The van der Waals surface area contributed by atoms with Crippen LogP contribution in [-0.2, 0) is 5.60 Å². The number of aromatic nitrogens is 1. The molecule has 0 aliphatic carbocycles. The van der Waals surface area contributed by atoms with Crippen LogP contribution in [0.4, 0.5) is 14.9 Å². The fourth-order valence-electron chi connectivity index (χ4n) is 2.84. The number of amides is 1. The maximum atomic E-state index is 13.8. The molecule has 1 aliphatic heterocycles. The fraction of sp³-hybridized carbons (Fsp3) is 0.333. The van der Waals surface area contributed by atoms with Crippen LogP contribution in [0, 0.1) is 5.82 Å². The van der Waals surface area contributed by atoms with Gasteiger partial charge >= 0.3 is 6.09 Å². The number of halogens is 1. The molecular formula is C18H22FN3O3S. The Morgan fingerprint density at radius 2 is 1.96 bits per heavy atom. The number of aliphatic hydroxyl groups is 1. The molecule has 8 heteroatoms. The lowest BCUT2D eigenvalue weighted by Gasteiger charge is -2.39. The largest absolute Gasteiger partial charge is 0.464 e. The van der Waals surface area contributed by atoms with Gasteiger partial charge in [-0.15, -0.1) is 0 Å². The van der Waals surface area contributed by atoms with Gasteiger partial charge in [0.1, 0.15) is 5.82 Å². The van der Waals surface area contributed by atoms with E-state index < -0.39 is 11.7 Å². The lowest BCUT2D eigenvalue weighted by atomic mass is 9.85. The van der Waals surface area contributed by atoms with Crippen molar-refractivity contribution < 1.29 is 19.4 Å². The van der Waals surface area contributed by atoms with Crippen molar-refractivity contribution in [2.45, 2.75) is 18.4 Å². The lowest BCUT2D eigenvalue weighted by Crippen LogP contribution is -2.43. The van der Waals surface area contributed by atoms with E-state index in [1.165, 1.54) is 6.07 Å². The van der Waals surface area contributed by atoms with Crippen molar-refractivity contribution >= 4 is 23.7 Å². The zero-order chi connectivity index (χ0) is 19.0. The van der Waals surface area contributed by atoms with Gasteiger partial charge in [0, 0.05) is 37.3 Å². The fourth-order valence-corrected chi connectivity index (χ4v) is 3.01. The molecule has 1 fully saturated rings. The highest BCUT2D eigenvalue weighted by atomic mass is 32.2. The van der Waals surface area contributed by atoms with E-state index in [9.17, 15) is 14.3 Å². The molecule has 1 aromatic heterocycles.